The average molecular weight is 290 g/mol. The molecule has 0 radical (unpaired) electrons. The zero-order valence-electron chi connectivity index (χ0n) is 12.6. The predicted octanol–water partition coefficient (Wildman–Crippen LogP) is 4.27. The second-order valence-electron chi connectivity index (χ2n) is 5.15. The van der Waals surface area contributed by atoms with Gasteiger partial charge in [-0.15, -0.1) is 0 Å². The molecule has 3 nitrogen and oxygen atoms in total. The first-order chi connectivity index (χ1) is 10.8. The standard InChI is InChI=1S/C19H18N2O/c1-22-18-9-5-8-17(14-18)19(15-6-3-2-4-7-15)16(10-12-20)11-13-21/h2-9,14,16,19H,10-11H2,1H3/t19-/m1/s1. The van der Waals surface area contributed by atoms with Crippen molar-refractivity contribution in [1.82, 2.24) is 0 Å². The summed E-state index contributed by atoms with van der Waals surface area (Å²) in [6, 6.07) is 22.3. The van der Waals surface area contributed by atoms with Crippen molar-refractivity contribution in [1.29, 1.82) is 10.5 Å². The minimum absolute atomic E-state index is 0.00981. The summed E-state index contributed by atoms with van der Waals surface area (Å²) in [6.07, 6.45) is 0.703. The minimum Gasteiger partial charge on any atom is -0.497 e. The van der Waals surface area contributed by atoms with Crippen LogP contribution in [0, 0.1) is 28.6 Å². The lowest BCUT2D eigenvalue weighted by Gasteiger charge is -2.25. The zero-order chi connectivity index (χ0) is 15.8. The van der Waals surface area contributed by atoms with E-state index in [-0.39, 0.29) is 11.8 Å². The molecule has 0 aliphatic rings. The molecule has 1 atom stereocenters. The highest BCUT2D eigenvalue weighted by molar-refractivity contribution is 5.38. The van der Waals surface area contributed by atoms with E-state index in [1.165, 1.54) is 0 Å². The number of hydrogen-bond donors (Lipinski definition) is 0. The van der Waals surface area contributed by atoms with Crippen LogP contribution in [0.2, 0.25) is 0 Å². The Balaban J connectivity index is 2.49. The van der Waals surface area contributed by atoms with Crippen molar-refractivity contribution in [2.24, 2.45) is 5.92 Å². The predicted molar refractivity (Wildman–Crippen MR) is 85.2 cm³/mol. The molecule has 3 heteroatoms. The van der Waals surface area contributed by atoms with Crippen LogP contribution < -0.4 is 4.74 Å². The van der Waals surface area contributed by atoms with Crippen molar-refractivity contribution in [2.45, 2.75) is 18.8 Å². The second kappa shape index (κ2) is 7.86. The van der Waals surface area contributed by atoms with Gasteiger partial charge in [-0.05, 0) is 29.2 Å². The lowest BCUT2D eigenvalue weighted by atomic mass is 9.78. The van der Waals surface area contributed by atoms with E-state index in [2.05, 4.69) is 12.1 Å². The maximum atomic E-state index is 9.12. The Morgan fingerprint density at radius 2 is 1.55 bits per heavy atom. The SMILES string of the molecule is COc1cccc([C@H](c2ccccc2)C(CC#N)CC#N)c1. The molecule has 0 aromatic heterocycles. The van der Waals surface area contributed by atoms with E-state index >= 15 is 0 Å². The van der Waals surface area contributed by atoms with E-state index in [0.29, 0.717) is 12.8 Å². The molecule has 0 unspecified atom stereocenters. The third-order valence-electron chi connectivity index (χ3n) is 3.79. The van der Waals surface area contributed by atoms with Crippen molar-refractivity contribution in [3.8, 4) is 17.9 Å². The lowest BCUT2D eigenvalue weighted by Crippen LogP contribution is -2.14. The molecular weight excluding hydrogens is 272 g/mol. The van der Waals surface area contributed by atoms with E-state index in [9.17, 15) is 0 Å². The summed E-state index contributed by atoms with van der Waals surface area (Å²) in [6.45, 7) is 0. The average Bonchev–Trinajstić information content (AvgIpc) is 2.57. The van der Waals surface area contributed by atoms with Crippen LogP contribution in [0.25, 0.3) is 0 Å². The molecule has 110 valence electrons. The van der Waals surface area contributed by atoms with Gasteiger partial charge in [-0.1, -0.05) is 42.5 Å². The maximum absolute atomic E-state index is 9.12. The summed E-state index contributed by atoms with van der Waals surface area (Å²) in [4.78, 5) is 0. The number of rotatable bonds is 6. The highest BCUT2D eigenvalue weighted by atomic mass is 16.5. The number of hydrogen-bond acceptors (Lipinski definition) is 3. The number of nitrogens with zero attached hydrogens (tertiary/aromatic N) is 2. The Hall–Kier alpha value is -2.78. The van der Waals surface area contributed by atoms with E-state index < -0.39 is 0 Å². The van der Waals surface area contributed by atoms with Gasteiger partial charge in [0, 0.05) is 18.8 Å². The summed E-state index contributed by atoms with van der Waals surface area (Å²) >= 11 is 0. The molecule has 2 aromatic rings. The molecule has 2 aromatic carbocycles. The zero-order valence-corrected chi connectivity index (χ0v) is 12.6. The Bertz CT molecular complexity index is 667. The fourth-order valence-corrected chi connectivity index (χ4v) is 2.77. The highest BCUT2D eigenvalue weighted by Crippen LogP contribution is 2.36. The monoisotopic (exact) mass is 290 g/mol. The first-order valence-corrected chi connectivity index (χ1v) is 7.23. The van der Waals surface area contributed by atoms with Crippen LogP contribution >= 0.6 is 0 Å². The molecular formula is C19H18N2O. The summed E-state index contributed by atoms with van der Waals surface area (Å²) in [5, 5.41) is 18.2. The van der Waals surface area contributed by atoms with E-state index in [4.69, 9.17) is 15.3 Å². The summed E-state index contributed by atoms with van der Waals surface area (Å²) in [7, 11) is 1.64. The molecule has 0 bridgehead atoms. The summed E-state index contributed by atoms with van der Waals surface area (Å²) < 4.78 is 5.31. The van der Waals surface area contributed by atoms with Gasteiger partial charge in [-0.25, -0.2) is 0 Å². The quantitative estimate of drug-likeness (QED) is 0.798. The van der Waals surface area contributed by atoms with Gasteiger partial charge in [0.25, 0.3) is 0 Å². The normalized spacial score (nSPS) is 11.5. The van der Waals surface area contributed by atoms with Gasteiger partial charge in [0.2, 0.25) is 0 Å². The van der Waals surface area contributed by atoms with Gasteiger partial charge in [0.1, 0.15) is 5.75 Å². The first kappa shape index (κ1) is 15.6. The van der Waals surface area contributed by atoms with Crippen LogP contribution in [0.4, 0.5) is 0 Å². The maximum Gasteiger partial charge on any atom is 0.119 e. The summed E-state index contributed by atoms with van der Waals surface area (Å²) in [5.74, 6) is 0.756. The van der Waals surface area contributed by atoms with Gasteiger partial charge in [0.05, 0.1) is 19.2 Å². The van der Waals surface area contributed by atoms with Crippen molar-refractivity contribution in [3.05, 3.63) is 65.7 Å². The van der Waals surface area contributed by atoms with E-state index in [1.54, 1.807) is 7.11 Å². The molecule has 0 amide bonds. The van der Waals surface area contributed by atoms with Crippen molar-refractivity contribution in [2.75, 3.05) is 7.11 Å². The Morgan fingerprint density at radius 1 is 0.909 bits per heavy atom. The lowest BCUT2D eigenvalue weighted by molar-refractivity contribution is 0.412. The topological polar surface area (TPSA) is 56.8 Å². The van der Waals surface area contributed by atoms with E-state index in [1.807, 2.05) is 54.6 Å². The van der Waals surface area contributed by atoms with Crippen molar-refractivity contribution >= 4 is 0 Å². The Morgan fingerprint density at radius 3 is 2.14 bits per heavy atom. The van der Waals surface area contributed by atoms with Gasteiger partial charge < -0.3 is 4.74 Å². The fraction of sp³-hybridized carbons (Fsp3) is 0.263. The number of ether oxygens (including phenoxy) is 1. The van der Waals surface area contributed by atoms with Crippen LogP contribution in [0.3, 0.4) is 0 Å². The van der Waals surface area contributed by atoms with Crippen LogP contribution in [0.1, 0.15) is 29.9 Å². The minimum atomic E-state index is -0.0375. The van der Waals surface area contributed by atoms with E-state index in [0.717, 1.165) is 16.9 Å². The molecule has 0 saturated carbocycles. The van der Waals surface area contributed by atoms with Crippen LogP contribution in [0.5, 0.6) is 5.75 Å². The highest BCUT2D eigenvalue weighted by Gasteiger charge is 2.25. The first-order valence-electron chi connectivity index (χ1n) is 7.23. The van der Waals surface area contributed by atoms with Gasteiger partial charge in [-0.2, -0.15) is 10.5 Å². The molecule has 0 spiro atoms. The second-order valence-corrected chi connectivity index (χ2v) is 5.15. The van der Waals surface area contributed by atoms with Gasteiger partial charge in [-0.3, -0.25) is 0 Å². The van der Waals surface area contributed by atoms with Gasteiger partial charge >= 0.3 is 0 Å². The summed E-state index contributed by atoms with van der Waals surface area (Å²) in [5.41, 5.74) is 2.19. The number of methoxy groups -OCH3 is 1. The van der Waals surface area contributed by atoms with Crippen LogP contribution in [-0.4, -0.2) is 7.11 Å². The molecule has 0 aliphatic heterocycles. The van der Waals surface area contributed by atoms with Gasteiger partial charge in [0.15, 0.2) is 0 Å². The van der Waals surface area contributed by atoms with Crippen molar-refractivity contribution in [3.63, 3.8) is 0 Å². The molecule has 0 heterocycles. The smallest absolute Gasteiger partial charge is 0.119 e. The largest absolute Gasteiger partial charge is 0.497 e. The molecule has 0 N–H and O–H groups in total. The molecule has 0 fully saturated rings. The Kier molecular flexibility index (Phi) is 5.57. The van der Waals surface area contributed by atoms with Crippen LogP contribution in [-0.2, 0) is 0 Å². The molecule has 22 heavy (non-hydrogen) atoms. The fourth-order valence-electron chi connectivity index (χ4n) is 2.77. The third kappa shape index (κ3) is 3.65. The number of nitriles is 2. The number of benzene rings is 2. The van der Waals surface area contributed by atoms with Crippen LogP contribution in [0.15, 0.2) is 54.6 Å². The molecule has 2 rings (SSSR count). The third-order valence-corrected chi connectivity index (χ3v) is 3.79. The van der Waals surface area contributed by atoms with Crippen molar-refractivity contribution < 1.29 is 4.74 Å². The Labute approximate surface area is 131 Å². The molecule has 0 aliphatic carbocycles. The molecule has 0 saturated heterocycles.